The maximum absolute atomic E-state index is 11.1. The lowest BCUT2D eigenvalue weighted by atomic mass is 10.2. The van der Waals surface area contributed by atoms with Gasteiger partial charge in [0.25, 0.3) is 0 Å². The van der Waals surface area contributed by atoms with Crippen LogP contribution in [0.2, 0.25) is 0 Å². The molecule has 88 valence electrons. The Labute approximate surface area is 103 Å². The highest BCUT2D eigenvalue weighted by molar-refractivity contribution is 6.29. The fourth-order valence-electron chi connectivity index (χ4n) is 1.40. The molecule has 1 heterocycles. The highest BCUT2D eigenvalue weighted by Crippen LogP contribution is 2.10. The number of hydrogen-bond acceptors (Lipinski definition) is 3. The number of nitrogens with zero attached hydrogens (tertiary/aromatic N) is 3. The minimum absolute atomic E-state index is 0.0392. The molecule has 0 unspecified atom stereocenters. The van der Waals surface area contributed by atoms with Crippen LogP contribution in [0.3, 0.4) is 0 Å². The standard InChI is InChI=1S/C11H11ClN4O/c12-5-11(17)15-10-3-1-9(2-4-10)6-16-7-13-14-8-16/h1-4,7-8H,5-6H2,(H,15,17). The van der Waals surface area contributed by atoms with E-state index in [2.05, 4.69) is 15.5 Å². The van der Waals surface area contributed by atoms with Crippen molar-refractivity contribution in [3.8, 4) is 0 Å². The summed E-state index contributed by atoms with van der Waals surface area (Å²) >= 11 is 5.40. The number of carbonyl (C=O) groups is 1. The smallest absolute Gasteiger partial charge is 0.239 e. The first-order valence-electron chi connectivity index (χ1n) is 5.05. The zero-order chi connectivity index (χ0) is 12.1. The number of aromatic nitrogens is 3. The van der Waals surface area contributed by atoms with Crippen molar-refractivity contribution in [2.24, 2.45) is 0 Å². The summed E-state index contributed by atoms with van der Waals surface area (Å²) in [6.45, 7) is 0.705. The molecule has 0 aliphatic carbocycles. The summed E-state index contributed by atoms with van der Waals surface area (Å²) < 4.78 is 1.87. The summed E-state index contributed by atoms with van der Waals surface area (Å²) in [5, 5.41) is 10.1. The van der Waals surface area contributed by atoms with Crippen LogP contribution in [-0.4, -0.2) is 26.6 Å². The number of amides is 1. The lowest BCUT2D eigenvalue weighted by Gasteiger charge is -2.05. The second kappa shape index (κ2) is 5.45. The van der Waals surface area contributed by atoms with E-state index in [1.54, 1.807) is 12.7 Å². The molecule has 1 aromatic carbocycles. The zero-order valence-electron chi connectivity index (χ0n) is 9.01. The quantitative estimate of drug-likeness (QED) is 0.837. The van der Waals surface area contributed by atoms with Gasteiger partial charge in [0.15, 0.2) is 0 Å². The van der Waals surface area contributed by atoms with E-state index in [1.807, 2.05) is 28.8 Å². The summed E-state index contributed by atoms with van der Waals surface area (Å²) in [5.74, 6) is -0.249. The van der Waals surface area contributed by atoms with Crippen LogP contribution in [0.15, 0.2) is 36.9 Å². The van der Waals surface area contributed by atoms with Gasteiger partial charge < -0.3 is 9.88 Å². The molecular weight excluding hydrogens is 240 g/mol. The van der Waals surface area contributed by atoms with Gasteiger partial charge in [-0.2, -0.15) is 0 Å². The van der Waals surface area contributed by atoms with E-state index in [4.69, 9.17) is 11.6 Å². The average Bonchev–Trinajstić information content (AvgIpc) is 2.84. The third-order valence-electron chi connectivity index (χ3n) is 2.19. The largest absolute Gasteiger partial charge is 0.325 e. The molecule has 17 heavy (non-hydrogen) atoms. The maximum atomic E-state index is 11.1. The average molecular weight is 251 g/mol. The Balaban J connectivity index is 2.00. The Morgan fingerprint density at radius 3 is 2.47 bits per heavy atom. The second-order valence-electron chi connectivity index (χ2n) is 3.51. The molecule has 0 saturated heterocycles. The lowest BCUT2D eigenvalue weighted by molar-refractivity contribution is -0.113. The van der Waals surface area contributed by atoms with Crippen LogP contribution in [0.5, 0.6) is 0 Å². The molecule has 2 rings (SSSR count). The molecule has 0 radical (unpaired) electrons. The molecule has 1 N–H and O–H groups in total. The molecule has 0 atom stereocenters. The second-order valence-corrected chi connectivity index (χ2v) is 3.78. The predicted octanol–water partition coefficient (Wildman–Crippen LogP) is 1.50. The minimum atomic E-state index is -0.210. The van der Waals surface area contributed by atoms with Gasteiger partial charge in [-0.15, -0.1) is 21.8 Å². The molecule has 0 fully saturated rings. The van der Waals surface area contributed by atoms with E-state index in [-0.39, 0.29) is 11.8 Å². The summed E-state index contributed by atoms with van der Waals surface area (Å²) in [5.41, 5.74) is 1.84. The van der Waals surface area contributed by atoms with Crippen LogP contribution in [0.25, 0.3) is 0 Å². The van der Waals surface area contributed by atoms with E-state index < -0.39 is 0 Å². The van der Waals surface area contributed by atoms with Crippen molar-refractivity contribution in [3.63, 3.8) is 0 Å². The van der Waals surface area contributed by atoms with Gasteiger partial charge in [-0.25, -0.2) is 0 Å². The van der Waals surface area contributed by atoms with Gasteiger partial charge in [-0.05, 0) is 17.7 Å². The normalized spacial score (nSPS) is 10.2. The van der Waals surface area contributed by atoms with Crippen LogP contribution < -0.4 is 5.32 Å². The number of halogens is 1. The number of nitrogens with one attached hydrogen (secondary N) is 1. The molecule has 1 amide bonds. The Kier molecular flexibility index (Phi) is 3.72. The number of rotatable bonds is 4. The van der Waals surface area contributed by atoms with Gasteiger partial charge >= 0.3 is 0 Å². The van der Waals surface area contributed by atoms with Crippen molar-refractivity contribution in [2.75, 3.05) is 11.2 Å². The Morgan fingerprint density at radius 1 is 1.24 bits per heavy atom. The highest BCUT2D eigenvalue weighted by atomic mass is 35.5. The van der Waals surface area contributed by atoms with Crippen molar-refractivity contribution < 1.29 is 4.79 Å². The van der Waals surface area contributed by atoms with Crippen LogP contribution in [0, 0.1) is 0 Å². The SMILES string of the molecule is O=C(CCl)Nc1ccc(Cn2cnnc2)cc1. The van der Waals surface area contributed by atoms with Gasteiger partial charge in [-0.3, -0.25) is 4.79 Å². The zero-order valence-corrected chi connectivity index (χ0v) is 9.76. The first-order chi connectivity index (χ1) is 8.28. The molecule has 0 spiro atoms. The number of alkyl halides is 1. The predicted molar refractivity (Wildman–Crippen MR) is 64.9 cm³/mol. The van der Waals surface area contributed by atoms with Crippen LogP contribution >= 0.6 is 11.6 Å². The molecule has 0 bridgehead atoms. The first-order valence-corrected chi connectivity index (χ1v) is 5.58. The fourth-order valence-corrected chi connectivity index (χ4v) is 1.47. The summed E-state index contributed by atoms with van der Waals surface area (Å²) in [4.78, 5) is 11.1. The summed E-state index contributed by atoms with van der Waals surface area (Å²) in [6.07, 6.45) is 3.31. The van der Waals surface area contributed by atoms with Gasteiger partial charge in [0.05, 0.1) is 0 Å². The minimum Gasteiger partial charge on any atom is -0.325 e. The number of benzene rings is 1. The molecule has 2 aromatic rings. The highest BCUT2D eigenvalue weighted by Gasteiger charge is 2.00. The lowest BCUT2D eigenvalue weighted by Crippen LogP contribution is -2.12. The van der Waals surface area contributed by atoms with E-state index in [9.17, 15) is 4.79 Å². The van der Waals surface area contributed by atoms with Crippen molar-refractivity contribution in [1.82, 2.24) is 14.8 Å². The number of anilines is 1. The molecular formula is C11H11ClN4O. The van der Waals surface area contributed by atoms with Crippen molar-refractivity contribution in [3.05, 3.63) is 42.5 Å². The Morgan fingerprint density at radius 2 is 1.88 bits per heavy atom. The molecule has 6 heteroatoms. The number of hydrogen-bond donors (Lipinski definition) is 1. The molecule has 0 aliphatic rings. The number of carbonyl (C=O) groups excluding carboxylic acids is 1. The Bertz CT molecular complexity index is 481. The summed E-state index contributed by atoms with van der Waals surface area (Å²) in [7, 11) is 0. The van der Waals surface area contributed by atoms with Crippen LogP contribution in [0.1, 0.15) is 5.56 Å². The maximum Gasteiger partial charge on any atom is 0.239 e. The van der Waals surface area contributed by atoms with Gasteiger partial charge in [0, 0.05) is 12.2 Å². The van der Waals surface area contributed by atoms with Gasteiger partial charge in [0.1, 0.15) is 18.5 Å². The topological polar surface area (TPSA) is 59.8 Å². The molecule has 0 saturated carbocycles. The van der Waals surface area contributed by atoms with E-state index >= 15 is 0 Å². The van der Waals surface area contributed by atoms with Crippen LogP contribution in [0.4, 0.5) is 5.69 Å². The van der Waals surface area contributed by atoms with Crippen molar-refractivity contribution in [2.45, 2.75) is 6.54 Å². The third kappa shape index (κ3) is 3.29. The van der Waals surface area contributed by atoms with E-state index in [1.165, 1.54) is 0 Å². The monoisotopic (exact) mass is 250 g/mol. The van der Waals surface area contributed by atoms with Crippen molar-refractivity contribution in [1.29, 1.82) is 0 Å². The van der Waals surface area contributed by atoms with Crippen LogP contribution in [-0.2, 0) is 11.3 Å². The van der Waals surface area contributed by atoms with Gasteiger partial charge in [0.2, 0.25) is 5.91 Å². The van der Waals surface area contributed by atoms with E-state index in [0.29, 0.717) is 6.54 Å². The Hall–Kier alpha value is -1.88. The third-order valence-corrected chi connectivity index (χ3v) is 2.43. The van der Waals surface area contributed by atoms with Gasteiger partial charge in [-0.1, -0.05) is 12.1 Å². The molecule has 5 nitrogen and oxygen atoms in total. The summed E-state index contributed by atoms with van der Waals surface area (Å²) in [6, 6.07) is 7.54. The first kappa shape index (κ1) is 11.6. The van der Waals surface area contributed by atoms with Crippen molar-refractivity contribution >= 4 is 23.2 Å². The molecule has 1 aromatic heterocycles. The fraction of sp³-hybridized carbons (Fsp3) is 0.182. The molecule has 0 aliphatic heterocycles. The van der Waals surface area contributed by atoms with E-state index in [0.717, 1.165) is 11.3 Å².